The molecule has 6 heteroatoms. The van der Waals surface area contributed by atoms with Gasteiger partial charge in [-0.3, -0.25) is 9.59 Å². The molecular weight excluding hydrogens is 314 g/mol. The fourth-order valence-corrected chi connectivity index (χ4v) is 3.62. The minimum absolute atomic E-state index is 0.0516. The summed E-state index contributed by atoms with van der Waals surface area (Å²) in [5, 5.41) is 21.2. The molecule has 3 unspecified atom stereocenters. The number of aromatic nitrogens is 1. The Labute approximate surface area is 140 Å². The number of carboxylic acids is 1. The van der Waals surface area contributed by atoms with Crippen LogP contribution in [0, 0.1) is 11.8 Å². The Morgan fingerprint density at radius 2 is 2.13 bits per heavy atom. The van der Waals surface area contributed by atoms with Gasteiger partial charge in [-0.05, 0) is 31.3 Å². The predicted molar refractivity (Wildman–Crippen MR) is 89.1 cm³/mol. The molecule has 1 fully saturated rings. The van der Waals surface area contributed by atoms with Crippen molar-refractivity contribution in [1.82, 2.24) is 4.98 Å². The third-order valence-electron chi connectivity index (χ3n) is 4.30. The third-order valence-corrected chi connectivity index (χ3v) is 5.04. The standard InChI is InChI=1S/C17H23NO4S/c19-14-11-12(7-8-15-18-9-10-23-15)13(17(14)22)5-3-1-2-4-6-16(20)21/h7-10,12-14,19H,1-6,11H2,(H,20,21)/b8-7+. The number of carboxylic acid groups (broad SMARTS) is 1. The highest BCUT2D eigenvalue weighted by molar-refractivity contribution is 7.10. The number of carbonyl (C=O) groups excluding carboxylic acids is 1. The van der Waals surface area contributed by atoms with E-state index in [4.69, 9.17) is 5.11 Å². The molecule has 0 amide bonds. The summed E-state index contributed by atoms with van der Waals surface area (Å²) in [4.78, 5) is 26.7. The summed E-state index contributed by atoms with van der Waals surface area (Å²) < 4.78 is 0. The number of aliphatic hydroxyl groups is 1. The van der Waals surface area contributed by atoms with Gasteiger partial charge in [0, 0.05) is 23.9 Å². The summed E-state index contributed by atoms with van der Waals surface area (Å²) in [6.45, 7) is 0. The van der Waals surface area contributed by atoms with Gasteiger partial charge in [-0.25, -0.2) is 4.98 Å². The fourth-order valence-electron chi connectivity index (χ4n) is 3.08. The molecule has 5 nitrogen and oxygen atoms in total. The van der Waals surface area contributed by atoms with E-state index >= 15 is 0 Å². The summed E-state index contributed by atoms with van der Waals surface area (Å²) in [6, 6.07) is 0. The van der Waals surface area contributed by atoms with Gasteiger partial charge in [0.15, 0.2) is 5.78 Å². The molecule has 1 aliphatic carbocycles. The van der Waals surface area contributed by atoms with Crippen LogP contribution in [0.1, 0.15) is 50.0 Å². The smallest absolute Gasteiger partial charge is 0.303 e. The Bertz CT molecular complexity index is 541. The number of carbonyl (C=O) groups is 2. The van der Waals surface area contributed by atoms with Crippen molar-refractivity contribution in [3.05, 3.63) is 22.7 Å². The molecular formula is C17H23NO4S. The van der Waals surface area contributed by atoms with Crippen LogP contribution in [0.25, 0.3) is 6.08 Å². The number of hydrogen-bond acceptors (Lipinski definition) is 5. The summed E-state index contributed by atoms with van der Waals surface area (Å²) in [6.07, 6.45) is 9.66. The summed E-state index contributed by atoms with van der Waals surface area (Å²) in [7, 11) is 0. The molecule has 1 aromatic heterocycles. The van der Waals surface area contributed by atoms with Crippen LogP contribution in [0.4, 0.5) is 0 Å². The van der Waals surface area contributed by atoms with Crippen LogP contribution < -0.4 is 0 Å². The number of rotatable bonds is 9. The first-order valence-corrected chi connectivity index (χ1v) is 8.97. The van der Waals surface area contributed by atoms with Crippen molar-refractivity contribution >= 4 is 29.2 Å². The first-order valence-electron chi connectivity index (χ1n) is 8.09. The molecule has 1 aliphatic rings. The minimum Gasteiger partial charge on any atom is -0.481 e. The number of allylic oxidation sites excluding steroid dienone is 1. The summed E-state index contributed by atoms with van der Waals surface area (Å²) in [5.41, 5.74) is 0. The molecule has 0 bridgehead atoms. The average Bonchev–Trinajstić information content (AvgIpc) is 3.11. The molecule has 0 spiro atoms. The maximum atomic E-state index is 12.1. The highest BCUT2D eigenvalue weighted by atomic mass is 32.1. The quantitative estimate of drug-likeness (QED) is 0.676. The monoisotopic (exact) mass is 337 g/mol. The Kier molecular flexibility index (Phi) is 6.92. The molecule has 1 saturated carbocycles. The van der Waals surface area contributed by atoms with Gasteiger partial charge in [0.05, 0.1) is 0 Å². The van der Waals surface area contributed by atoms with E-state index in [1.807, 2.05) is 17.5 Å². The van der Waals surface area contributed by atoms with Gasteiger partial charge in [-0.15, -0.1) is 11.3 Å². The second-order valence-corrected chi connectivity index (χ2v) is 6.93. The zero-order valence-electron chi connectivity index (χ0n) is 13.1. The van der Waals surface area contributed by atoms with E-state index in [1.165, 1.54) is 0 Å². The van der Waals surface area contributed by atoms with Crippen LogP contribution in [0.15, 0.2) is 17.7 Å². The largest absolute Gasteiger partial charge is 0.481 e. The first kappa shape index (κ1) is 17.8. The topological polar surface area (TPSA) is 87.5 Å². The molecule has 0 aromatic carbocycles. The van der Waals surface area contributed by atoms with Crippen LogP contribution in [0.3, 0.4) is 0 Å². The van der Waals surface area contributed by atoms with Gasteiger partial charge in [0.25, 0.3) is 0 Å². The van der Waals surface area contributed by atoms with Crippen LogP contribution in [-0.2, 0) is 9.59 Å². The molecule has 23 heavy (non-hydrogen) atoms. The molecule has 2 N–H and O–H groups in total. The van der Waals surface area contributed by atoms with E-state index in [0.717, 1.165) is 30.7 Å². The number of nitrogens with zero attached hydrogens (tertiary/aromatic N) is 1. The second kappa shape index (κ2) is 8.93. The normalized spacial score (nSPS) is 24.6. The number of ketones is 1. The van der Waals surface area contributed by atoms with E-state index in [-0.39, 0.29) is 24.0 Å². The third kappa shape index (κ3) is 5.55. The lowest BCUT2D eigenvalue weighted by atomic mass is 9.89. The summed E-state index contributed by atoms with van der Waals surface area (Å²) >= 11 is 1.55. The Balaban J connectivity index is 1.79. The number of aliphatic carboxylic acids is 1. The second-order valence-electron chi connectivity index (χ2n) is 6.00. The first-order chi connectivity index (χ1) is 11.1. The highest BCUT2D eigenvalue weighted by Gasteiger charge is 2.39. The van der Waals surface area contributed by atoms with E-state index < -0.39 is 12.1 Å². The molecule has 126 valence electrons. The SMILES string of the molecule is O=C(O)CCCCCCC1C(=O)C(O)CC1/C=C/c1nccs1. The van der Waals surface area contributed by atoms with Gasteiger partial charge < -0.3 is 10.2 Å². The van der Waals surface area contributed by atoms with Gasteiger partial charge in [0.2, 0.25) is 0 Å². The lowest BCUT2D eigenvalue weighted by Gasteiger charge is -2.14. The van der Waals surface area contributed by atoms with Crippen molar-refractivity contribution in [2.24, 2.45) is 11.8 Å². The number of Topliss-reactive ketones (excluding diaryl/α,β-unsaturated/α-hetero) is 1. The Morgan fingerprint density at radius 1 is 1.35 bits per heavy atom. The average molecular weight is 337 g/mol. The van der Waals surface area contributed by atoms with Crippen molar-refractivity contribution in [3.8, 4) is 0 Å². The van der Waals surface area contributed by atoms with E-state index in [0.29, 0.717) is 12.8 Å². The molecule has 0 aliphatic heterocycles. The van der Waals surface area contributed by atoms with Gasteiger partial charge in [-0.1, -0.05) is 25.3 Å². The van der Waals surface area contributed by atoms with Crippen molar-refractivity contribution in [2.75, 3.05) is 0 Å². The van der Waals surface area contributed by atoms with Crippen LogP contribution in [0.2, 0.25) is 0 Å². The minimum atomic E-state index is -0.849. The van der Waals surface area contributed by atoms with Gasteiger partial charge in [-0.2, -0.15) is 0 Å². The Hall–Kier alpha value is -1.53. The molecule has 0 saturated heterocycles. The van der Waals surface area contributed by atoms with Gasteiger partial charge >= 0.3 is 5.97 Å². The Morgan fingerprint density at radius 3 is 2.83 bits per heavy atom. The van der Waals surface area contributed by atoms with Crippen molar-refractivity contribution < 1.29 is 19.8 Å². The van der Waals surface area contributed by atoms with E-state index in [2.05, 4.69) is 4.98 Å². The summed E-state index contributed by atoms with van der Waals surface area (Å²) in [5.74, 6) is -0.864. The van der Waals surface area contributed by atoms with Crippen molar-refractivity contribution in [1.29, 1.82) is 0 Å². The highest BCUT2D eigenvalue weighted by Crippen LogP contribution is 2.34. The molecule has 3 atom stereocenters. The molecule has 1 heterocycles. The van der Waals surface area contributed by atoms with E-state index in [1.54, 1.807) is 17.5 Å². The predicted octanol–water partition coefficient (Wildman–Crippen LogP) is 3.15. The van der Waals surface area contributed by atoms with Crippen molar-refractivity contribution in [3.63, 3.8) is 0 Å². The fraction of sp³-hybridized carbons (Fsp3) is 0.588. The lowest BCUT2D eigenvalue weighted by Crippen LogP contribution is -2.19. The zero-order valence-corrected chi connectivity index (χ0v) is 13.9. The van der Waals surface area contributed by atoms with Crippen LogP contribution in [-0.4, -0.2) is 33.1 Å². The van der Waals surface area contributed by atoms with Crippen LogP contribution in [0.5, 0.6) is 0 Å². The number of unbranched alkanes of at least 4 members (excludes halogenated alkanes) is 3. The molecule has 1 aromatic rings. The van der Waals surface area contributed by atoms with E-state index in [9.17, 15) is 14.7 Å². The lowest BCUT2D eigenvalue weighted by molar-refractivity contribution is -0.137. The number of thiazole rings is 1. The zero-order chi connectivity index (χ0) is 16.7. The molecule has 0 radical (unpaired) electrons. The van der Waals surface area contributed by atoms with Crippen molar-refractivity contribution in [2.45, 2.75) is 51.0 Å². The van der Waals surface area contributed by atoms with Gasteiger partial charge in [0.1, 0.15) is 11.1 Å². The van der Waals surface area contributed by atoms with Crippen LogP contribution >= 0.6 is 11.3 Å². The maximum Gasteiger partial charge on any atom is 0.303 e. The molecule has 2 rings (SSSR count). The number of aliphatic hydroxyl groups excluding tert-OH is 1. The maximum absolute atomic E-state index is 12.1. The number of hydrogen-bond donors (Lipinski definition) is 2.